The van der Waals surface area contributed by atoms with Crippen LogP contribution in [0.15, 0.2) is 14.1 Å². The molecule has 1 fully saturated rings. The lowest BCUT2D eigenvalue weighted by Crippen LogP contribution is -2.39. The normalized spacial score (nSPS) is 21.7. The first-order valence-corrected chi connectivity index (χ1v) is 10.5. The predicted octanol–water partition coefficient (Wildman–Crippen LogP) is 4.35. The van der Waals surface area contributed by atoms with E-state index in [-0.39, 0.29) is 0 Å². The smallest absolute Gasteiger partial charge is 0.206 e. The first-order valence-electron chi connectivity index (χ1n) is 5.96. The Morgan fingerprint density at radius 3 is 2.84 bits per heavy atom. The molecule has 1 saturated heterocycles. The summed E-state index contributed by atoms with van der Waals surface area (Å²) in [6, 6.07) is 1.53. The van der Waals surface area contributed by atoms with Gasteiger partial charge in [-0.3, -0.25) is 0 Å². The quantitative estimate of drug-likeness (QED) is 0.639. The monoisotopic (exact) mass is 449 g/mol. The summed E-state index contributed by atoms with van der Waals surface area (Å²) in [7, 11) is -3.39. The molecule has 0 N–H and O–H groups in total. The van der Waals surface area contributed by atoms with Crippen molar-refractivity contribution in [2.45, 2.75) is 23.5 Å². The summed E-state index contributed by atoms with van der Waals surface area (Å²) >= 11 is 13.8. The highest BCUT2D eigenvalue weighted by atomic mass is 79.9. The van der Waals surface area contributed by atoms with Crippen LogP contribution >= 0.6 is 54.8 Å². The minimum atomic E-state index is -3.39. The molecule has 0 aromatic carbocycles. The largest absolute Gasteiger partial charge is 0.252 e. The molecule has 1 aromatic rings. The maximum atomic E-state index is 12.5. The van der Waals surface area contributed by atoms with Crippen LogP contribution in [0.25, 0.3) is 0 Å². The van der Waals surface area contributed by atoms with Gasteiger partial charge in [-0.25, -0.2) is 8.42 Å². The highest BCUT2D eigenvalue weighted by Crippen LogP contribution is 2.37. The Morgan fingerprint density at radius 1 is 1.53 bits per heavy atom. The van der Waals surface area contributed by atoms with Crippen molar-refractivity contribution in [3.8, 4) is 0 Å². The van der Waals surface area contributed by atoms with Gasteiger partial charge in [0.25, 0.3) is 10.0 Å². The van der Waals surface area contributed by atoms with Crippen molar-refractivity contribution in [3.05, 3.63) is 14.9 Å². The number of alkyl halides is 1. The Kier molecular flexibility index (Phi) is 5.77. The molecule has 2 heterocycles. The third-order valence-electron chi connectivity index (χ3n) is 3.22. The van der Waals surface area contributed by atoms with Gasteiger partial charge in [0.2, 0.25) is 0 Å². The molecular weight excluding hydrogens is 438 g/mol. The van der Waals surface area contributed by atoms with Crippen molar-refractivity contribution < 1.29 is 8.42 Å². The summed E-state index contributed by atoms with van der Waals surface area (Å²) in [5.41, 5.74) is 0. The Morgan fingerprint density at radius 2 is 2.26 bits per heavy atom. The van der Waals surface area contributed by atoms with Gasteiger partial charge in [0.05, 0.1) is 8.81 Å². The molecule has 1 aliphatic heterocycles. The molecule has 0 bridgehead atoms. The molecule has 108 valence electrons. The summed E-state index contributed by atoms with van der Waals surface area (Å²) in [5.74, 6) is 0.446. The van der Waals surface area contributed by atoms with E-state index in [0.29, 0.717) is 32.0 Å². The second-order valence-electron chi connectivity index (χ2n) is 4.54. The van der Waals surface area contributed by atoms with Gasteiger partial charge in [0.15, 0.2) is 0 Å². The Bertz CT molecular complexity index is 525. The summed E-state index contributed by atoms with van der Waals surface area (Å²) in [6.45, 7) is 1.22. The third kappa shape index (κ3) is 3.74. The van der Waals surface area contributed by atoms with Crippen LogP contribution in [-0.4, -0.2) is 31.1 Å². The Balaban J connectivity index is 2.19. The summed E-state index contributed by atoms with van der Waals surface area (Å²) in [4.78, 5) is 0. The number of halogens is 3. The number of hydrogen-bond acceptors (Lipinski definition) is 3. The molecule has 1 unspecified atom stereocenters. The van der Waals surface area contributed by atoms with Crippen LogP contribution in [0.4, 0.5) is 0 Å². The maximum absolute atomic E-state index is 12.5. The lowest BCUT2D eigenvalue weighted by molar-refractivity contribution is 0.263. The Hall–Kier alpha value is 0.860. The third-order valence-corrected chi connectivity index (χ3v) is 8.46. The van der Waals surface area contributed by atoms with E-state index in [9.17, 15) is 8.42 Å². The lowest BCUT2D eigenvalue weighted by Gasteiger charge is -2.31. The standard InChI is InChI=1S/C11H14Br2ClNO2S2/c12-4-3-8-2-1-5-15(7-8)19(16,17)10-6-9(14)11(13)18-10/h6,8H,1-5,7H2. The van der Waals surface area contributed by atoms with Crippen molar-refractivity contribution in [2.75, 3.05) is 18.4 Å². The number of hydrogen-bond donors (Lipinski definition) is 0. The van der Waals surface area contributed by atoms with Crippen LogP contribution in [0.5, 0.6) is 0 Å². The molecule has 1 aliphatic rings. The Labute approximate surface area is 139 Å². The van der Waals surface area contributed by atoms with E-state index in [1.807, 2.05) is 0 Å². The molecule has 8 heteroatoms. The average Bonchev–Trinajstić information content (AvgIpc) is 2.71. The second kappa shape index (κ2) is 6.75. The summed E-state index contributed by atoms with van der Waals surface area (Å²) in [5, 5.41) is 1.37. The average molecular weight is 452 g/mol. The zero-order chi connectivity index (χ0) is 14.0. The SMILES string of the molecule is O=S(=O)(c1cc(Cl)c(Br)s1)N1CCCC(CCBr)C1. The fourth-order valence-electron chi connectivity index (χ4n) is 2.22. The zero-order valence-corrected chi connectivity index (χ0v) is 15.7. The molecule has 0 amide bonds. The second-order valence-corrected chi connectivity index (χ2v) is 10.3. The van der Waals surface area contributed by atoms with Gasteiger partial charge in [-0.05, 0) is 47.2 Å². The van der Waals surface area contributed by atoms with Crippen LogP contribution in [0, 0.1) is 5.92 Å². The van der Waals surface area contributed by atoms with Crippen LogP contribution < -0.4 is 0 Å². The van der Waals surface area contributed by atoms with E-state index in [1.165, 1.54) is 17.4 Å². The van der Waals surface area contributed by atoms with Crippen LogP contribution in [0.2, 0.25) is 5.02 Å². The fourth-order valence-corrected chi connectivity index (χ4v) is 6.97. The van der Waals surface area contributed by atoms with Crippen molar-refractivity contribution in [2.24, 2.45) is 5.92 Å². The predicted molar refractivity (Wildman–Crippen MR) is 86.9 cm³/mol. The molecule has 0 saturated carbocycles. The van der Waals surface area contributed by atoms with Crippen LogP contribution in [0.3, 0.4) is 0 Å². The van der Waals surface area contributed by atoms with Crippen molar-refractivity contribution in [1.82, 2.24) is 4.31 Å². The first kappa shape index (κ1) is 16.2. The number of sulfonamides is 1. The van der Waals surface area contributed by atoms with Gasteiger partial charge in [-0.1, -0.05) is 27.5 Å². The minimum absolute atomic E-state index is 0.323. The minimum Gasteiger partial charge on any atom is -0.206 e. The number of rotatable bonds is 4. The van der Waals surface area contributed by atoms with E-state index in [0.717, 1.165) is 24.6 Å². The summed E-state index contributed by atoms with van der Waals surface area (Å²) in [6.07, 6.45) is 3.05. The van der Waals surface area contributed by atoms with Gasteiger partial charge in [-0.15, -0.1) is 11.3 Å². The van der Waals surface area contributed by atoms with Gasteiger partial charge in [-0.2, -0.15) is 4.31 Å². The van der Waals surface area contributed by atoms with E-state index in [1.54, 1.807) is 4.31 Å². The highest BCUT2D eigenvalue weighted by Gasteiger charge is 2.31. The molecule has 3 nitrogen and oxygen atoms in total. The number of thiophene rings is 1. The molecule has 0 radical (unpaired) electrons. The van der Waals surface area contributed by atoms with Crippen LogP contribution in [0.1, 0.15) is 19.3 Å². The van der Waals surface area contributed by atoms with Crippen molar-refractivity contribution >= 4 is 64.8 Å². The molecule has 1 aromatic heterocycles. The van der Waals surface area contributed by atoms with Crippen molar-refractivity contribution in [3.63, 3.8) is 0 Å². The first-order chi connectivity index (χ1) is 8.95. The van der Waals surface area contributed by atoms with Gasteiger partial charge < -0.3 is 0 Å². The van der Waals surface area contributed by atoms with Crippen LogP contribution in [-0.2, 0) is 10.0 Å². The fraction of sp³-hybridized carbons (Fsp3) is 0.636. The van der Waals surface area contributed by atoms with E-state index < -0.39 is 10.0 Å². The molecule has 1 atom stereocenters. The molecular formula is C11H14Br2ClNO2S2. The van der Waals surface area contributed by atoms with Gasteiger partial charge in [0.1, 0.15) is 4.21 Å². The molecule has 0 spiro atoms. The van der Waals surface area contributed by atoms with Gasteiger partial charge >= 0.3 is 0 Å². The van der Waals surface area contributed by atoms with Crippen molar-refractivity contribution in [1.29, 1.82) is 0 Å². The molecule has 19 heavy (non-hydrogen) atoms. The number of nitrogens with zero attached hydrogens (tertiary/aromatic N) is 1. The lowest BCUT2D eigenvalue weighted by atomic mass is 9.97. The molecule has 0 aliphatic carbocycles. The topological polar surface area (TPSA) is 37.4 Å². The number of piperidine rings is 1. The zero-order valence-electron chi connectivity index (χ0n) is 10.1. The van der Waals surface area contributed by atoms with E-state index in [2.05, 4.69) is 31.9 Å². The maximum Gasteiger partial charge on any atom is 0.252 e. The van der Waals surface area contributed by atoms with E-state index in [4.69, 9.17) is 11.6 Å². The molecule has 2 rings (SSSR count). The highest BCUT2D eigenvalue weighted by molar-refractivity contribution is 9.11. The summed E-state index contributed by atoms with van der Waals surface area (Å²) < 4.78 is 27.7. The van der Waals surface area contributed by atoms with Gasteiger partial charge in [0, 0.05) is 18.4 Å². The van der Waals surface area contributed by atoms with E-state index >= 15 is 0 Å².